The minimum absolute atomic E-state index is 0.261. The third-order valence-corrected chi connectivity index (χ3v) is 1.92. The number of rotatable bonds is 3. The minimum Gasteiger partial charge on any atom is -0.423 e. The van der Waals surface area contributed by atoms with Gasteiger partial charge in [0.2, 0.25) is 18.2 Å². The van der Waals surface area contributed by atoms with Crippen LogP contribution in [0.5, 0.6) is 0 Å². The van der Waals surface area contributed by atoms with Gasteiger partial charge >= 0.3 is 0 Å². The van der Waals surface area contributed by atoms with E-state index in [0.29, 0.717) is 11.6 Å². The number of amides is 1. The summed E-state index contributed by atoms with van der Waals surface area (Å²) in [5.41, 5.74) is 1.40. The van der Waals surface area contributed by atoms with Gasteiger partial charge in [0.05, 0.1) is 0 Å². The molecule has 0 bridgehead atoms. The molecule has 0 aliphatic rings. The zero-order chi connectivity index (χ0) is 11.4. The highest BCUT2D eigenvalue weighted by Crippen LogP contribution is 2.20. The number of aromatic nitrogens is 2. The lowest BCUT2D eigenvalue weighted by Gasteiger charge is -2.02. The molecule has 0 atom stereocenters. The molecule has 1 aromatic carbocycles. The zero-order valence-electron chi connectivity index (χ0n) is 8.38. The highest BCUT2D eigenvalue weighted by Gasteiger charge is 2.04. The summed E-state index contributed by atoms with van der Waals surface area (Å²) in [4.78, 5) is 11.1. The number of carbonyl (C=O) groups is 1. The molecule has 0 aliphatic heterocycles. The van der Waals surface area contributed by atoms with Crippen LogP contribution in [-0.4, -0.2) is 16.1 Å². The second kappa shape index (κ2) is 4.39. The highest BCUT2D eigenvalue weighted by molar-refractivity contribution is 5.99. The molecule has 0 aliphatic carbocycles. The first-order valence-electron chi connectivity index (χ1n) is 4.59. The van der Waals surface area contributed by atoms with Crippen LogP contribution in [0.3, 0.4) is 0 Å². The van der Waals surface area contributed by atoms with E-state index in [0.717, 1.165) is 5.56 Å². The van der Waals surface area contributed by atoms with Gasteiger partial charge in [0.15, 0.2) is 0 Å². The molecule has 0 saturated heterocycles. The summed E-state index contributed by atoms with van der Waals surface area (Å²) >= 11 is 0. The molecule has 1 N–H and O–H groups in total. The summed E-state index contributed by atoms with van der Waals surface area (Å²) in [7, 11) is 0. The SMILES string of the molecule is C=CC(=O)Nc1cccc(-c2nnco2)c1. The third kappa shape index (κ3) is 2.14. The molecular weight excluding hydrogens is 206 g/mol. The maximum Gasteiger partial charge on any atom is 0.247 e. The number of hydrogen-bond acceptors (Lipinski definition) is 4. The molecule has 1 aromatic heterocycles. The van der Waals surface area contributed by atoms with Crippen molar-refractivity contribution in [3.8, 4) is 11.5 Å². The molecule has 0 spiro atoms. The maximum atomic E-state index is 11.1. The second-order valence-electron chi connectivity index (χ2n) is 3.02. The van der Waals surface area contributed by atoms with E-state index < -0.39 is 0 Å². The Labute approximate surface area is 91.8 Å². The van der Waals surface area contributed by atoms with Crippen LogP contribution >= 0.6 is 0 Å². The summed E-state index contributed by atoms with van der Waals surface area (Å²) in [6.07, 6.45) is 2.46. The van der Waals surface area contributed by atoms with Crippen LogP contribution in [0.4, 0.5) is 5.69 Å². The Morgan fingerprint density at radius 2 is 2.38 bits per heavy atom. The van der Waals surface area contributed by atoms with Crippen molar-refractivity contribution in [2.24, 2.45) is 0 Å². The number of nitrogens with one attached hydrogen (secondary N) is 1. The van der Waals surface area contributed by atoms with Gasteiger partial charge in [-0.1, -0.05) is 12.6 Å². The number of nitrogens with zero attached hydrogens (tertiary/aromatic N) is 2. The van der Waals surface area contributed by atoms with Crippen LogP contribution in [-0.2, 0) is 4.79 Å². The van der Waals surface area contributed by atoms with Crippen molar-refractivity contribution in [3.05, 3.63) is 43.3 Å². The van der Waals surface area contributed by atoms with Crippen molar-refractivity contribution in [3.63, 3.8) is 0 Å². The Kier molecular flexibility index (Phi) is 2.77. The van der Waals surface area contributed by atoms with Crippen molar-refractivity contribution >= 4 is 11.6 Å². The first-order chi connectivity index (χ1) is 7.79. The molecule has 5 heteroatoms. The lowest BCUT2D eigenvalue weighted by molar-refractivity contribution is -0.111. The number of benzene rings is 1. The average Bonchev–Trinajstić information content (AvgIpc) is 2.83. The summed E-state index contributed by atoms with van der Waals surface area (Å²) in [5.74, 6) is 0.150. The van der Waals surface area contributed by atoms with Crippen molar-refractivity contribution < 1.29 is 9.21 Å². The van der Waals surface area contributed by atoms with E-state index in [-0.39, 0.29) is 5.91 Å². The molecule has 80 valence electrons. The molecule has 0 radical (unpaired) electrons. The van der Waals surface area contributed by atoms with Crippen molar-refractivity contribution in [1.29, 1.82) is 0 Å². The lowest BCUT2D eigenvalue weighted by Crippen LogP contribution is -2.06. The third-order valence-electron chi connectivity index (χ3n) is 1.92. The van der Waals surface area contributed by atoms with Gasteiger partial charge in [-0.05, 0) is 24.3 Å². The predicted octanol–water partition coefficient (Wildman–Crippen LogP) is 1.86. The largest absolute Gasteiger partial charge is 0.423 e. The lowest BCUT2D eigenvalue weighted by atomic mass is 10.2. The molecule has 0 unspecified atom stereocenters. The van der Waals surface area contributed by atoms with Gasteiger partial charge in [0.25, 0.3) is 0 Å². The zero-order valence-corrected chi connectivity index (χ0v) is 8.38. The number of anilines is 1. The maximum absolute atomic E-state index is 11.1. The number of carbonyl (C=O) groups excluding carboxylic acids is 1. The smallest absolute Gasteiger partial charge is 0.247 e. The van der Waals surface area contributed by atoms with E-state index in [4.69, 9.17) is 4.42 Å². The normalized spacial score (nSPS) is 9.75. The molecule has 2 rings (SSSR count). The number of hydrogen-bond donors (Lipinski definition) is 1. The minimum atomic E-state index is -0.261. The van der Waals surface area contributed by atoms with E-state index >= 15 is 0 Å². The quantitative estimate of drug-likeness (QED) is 0.793. The van der Waals surface area contributed by atoms with Gasteiger partial charge in [-0.25, -0.2) is 0 Å². The second-order valence-corrected chi connectivity index (χ2v) is 3.02. The van der Waals surface area contributed by atoms with Crippen LogP contribution in [0.15, 0.2) is 47.7 Å². The van der Waals surface area contributed by atoms with E-state index in [1.807, 2.05) is 6.07 Å². The van der Waals surface area contributed by atoms with Crippen LogP contribution in [0, 0.1) is 0 Å². The first-order valence-corrected chi connectivity index (χ1v) is 4.59. The Morgan fingerprint density at radius 3 is 3.06 bits per heavy atom. The topological polar surface area (TPSA) is 68.0 Å². The average molecular weight is 215 g/mol. The molecule has 1 amide bonds. The molecule has 5 nitrogen and oxygen atoms in total. The predicted molar refractivity (Wildman–Crippen MR) is 58.6 cm³/mol. The van der Waals surface area contributed by atoms with E-state index in [1.54, 1.807) is 18.2 Å². The molecule has 0 fully saturated rings. The summed E-state index contributed by atoms with van der Waals surface area (Å²) in [6.45, 7) is 3.38. The van der Waals surface area contributed by atoms with Crippen LogP contribution < -0.4 is 5.32 Å². The molecule has 1 heterocycles. The first kappa shape index (κ1) is 10.1. The Hall–Kier alpha value is -2.43. The fourth-order valence-electron chi connectivity index (χ4n) is 1.22. The van der Waals surface area contributed by atoms with E-state index in [2.05, 4.69) is 22.1 Å². The highest BCUT2D eigenvalue weighted by atomic mass is 16.4. The van der Waals surface area contributed by atoms with Gasteiger partial charge in [-0.2, -0.15) is 0 Å². The van der Waals surface area contributed by atoms with Crippen molar-refractivity contribution in [2.45, 2.75) is 0 Å². The Bertz CT molecular complexity index is 506. The van der Waals surface area contributed by atoms with Gasteiger partial charge in [-0.15, -0.1) is 10.2 Å². The molecule has 16 heavy (non-hydrogen) atoms. The summed E-state index contributed by atoms with van der Waals surface area (Å²) < 4.78 is 5.05. The fourth-order valence-corrected chi connectivity index (χ4v) is 1.22. The van der Waals surface area contributed by atoms with Gasteiger partial charge in [0, 0.05) is 11.3 Å². The van der Waals surface area contributed by atoms with Gasteiger partial charge in [0.1, 0.15) is 0 Å². The molecule has 2 aromatic rings. The van der Waals surface area contributed by atoms with Gasteiger partial charge < -0.3 is 9.73 Å². The fraction of sp³-hybridized carbons (Fsp3) is 0. The van der Waals surface area contributed by atoms with Crippen LogP contribution in [0.1, 0.15) is 0 Å². The standard InChI is InChI=1S/C11H9N3O2/c1-2-10(15)13-9-5-3-4-8(6-9)11-14-12-7-16-11/h2-7H,1H2,(H,13,15). The van der Waals surface area contributed by atoms with Crippen LogP contribution in [0.25, 0.3) is 11.5 Å². The van der Waals surface area contributed by atoms with Gasteiger partial charge in [-0.3, -0.25) is 4.79 Å². The molecule has 0 saturated carbocycles. The van der Waals surface area contributed by atoms with E-state index in [1.165, 1.54) is 12.5 Å². The monoisotopic (exact) mass is 215 g/mol. The van der Waals surface area contributed by atoms with Crippen molar-refractivity contribution in [1.82, 2.24) is 10.2 Å². The van der Waals surface area contributed by atoms with E-state index in [9.17, 15) is 4.79 Å². The Morgan fingerprint density at radius 1 is 1.50 bits per heavy atom. The summed E-state index contributed by atoms with van der Waals surface area (Å²) in [6, 6.07) is 7.12. The molecular formula is C11H9N3O2. The van der Waals surface area contributed by atoms with Crippen molar-refractivity contribution in [2.75, 3.05) is 5.32 Å². The Balaban J connectivity index is 2.26. The van der Waals surface area contributed by atoms with Crippen LogP contribution in [0.2, 0.25) is 0 Å². The summed E-state index contributed by atoms with van der Waals surface area (Å²) in [5, 5.41) is 10.0.